The molecule has 0 bridgehead atoms. The standard InChI is InChI=1S/C13H14F2O3/c1-7-5-10(15)8(6-9(7)14)12(2)13(3,18-12)11(16)17-4/h5-6H,1-4H3. The predicted molar refractivity (Wildman–Crippen MR) is 60.0 cm³/mol. The summed E-state index contributed by atoms with van der Waals surface area (Å²) in [5, 5.41) is 0. The van der Waals surface area contributed by atoms with E-state index in [2.05, 4.69) is 4.74 Å². The van der Waals surface area contributed by atoms with Gasteiger partial charge in [0.05, 0.1) is 7.11 Å². The molecule has 3 nitrogen and oxygen atoms in total. The van der Waals surface area contributed by atoms with Gasteiger partial charge in [0.2, 0.25) is 0 Å². The minimum Gasteiger partial charge on any atom is -0.467 e. The molecule has 1 aliphatic heterocycles. The molecule has 1 aromatic rings. The van der Waals surface area contributed by atoms with Gasteiger partial charge in [0.1, 0.15) is 17.2 Å². The van der Waals surface area contributed by atoms with Crippen molar-refractivity contribution >= 4 is 5.97 Å². The summed E-state index contributed by atoms with van der Waals surface area (Å²) in [6.07, 6.45) is 0. The van der Waals surface area contributed by atoms with Crippen LogP contribution in [0.2, 0.25) is 0 Å². The molecule has 0 aromatic heterocycles. The van der Waals surface area contributed by atoms with Gasteiger partial charge in [-0.05, 0) is 38.5 Å². The van der Waals surface area contributed by atoms with Crippen LogP contribution in [0.5, 0.6) is 0 Å². The van der Waals surface area contributed by atoms with E-state index in [0.29, 0.717) is 0 Å². The number of halogens is 2. The van der Waals surface area contributed by atoms with Crippen molar-refractivity contribution < 1.29 is 23.0 Å². The first-order chi connectivity index (χ1) is 8.26. The SMILES string of the molecule is COC(=O)C1(C)OC1(C)c1cc(F)c(C)cc1F. The van der Waals surface area contributed by atoms with Crippen molar-refractivity contribution in [3.8, 4) is 0 Å². The smallest absolute Gasteiger partial charge is 0.341 e. The third-order valence-corrected chi connectivity index (χ3v) is 3.61. The Balaban J connectivity index is 2.46. The van der Waals surface area contributed by atoms with Crippen molar-refractivity contribution in [2.24, 2.45) is 0 Å². The molecule has 1 aliphatic rings. The molecule has 0 N–H and O–H groups in total. The third kappa shape index (κ3) is 1.54. The molecule has 18 heavy (non-hydrogen) atoms. The molecule has 2 rings (SSSR count). The van der Waals surface area contributed by atoms with Crippen LogP contribution in [0.3, 0.4) is 0 Å². The number of carbonyl (C=O) groups excluding carboxylic acids is 1. The summed E-state index contributed by atoms with van der Waals surface area (Å²) in [5.41, 5.74) is -2.23. The van der Waals surface area contributed by atoms with E-state index in [9.17, 15) is 13.6 Å². The Bertz CT molecular complexity index is 529. The summed E-state index contributed by atoms with van der Waals surface area (Å²) in [6, 6.07) is 2.16. The van der Waals surface area contributed by atoms with Crippen LogP contribution in [-0.2, 0) is 19.9 Å². The number of methoxy groups -OCH3 is 1. The Hall–Kier alpha value is -1.49. The number of esters is 1. The van der Waals surface area contributed by atoms with Crippen LogP contribution < -0.4 is 0 Å². The Kier molecular flexibility index (Phi) is 2.70. The largest absolute Gasteiger partial charge is 0.467 e. The Morgan fingerprint density at radius 2 is 1.89 bits per heavy atom. The number of carbonyl (C=O) groups is 1. The molecule has 98 valence electrons. The normalized spacial score (nSPS) is 30.1. The highest BCUT2D eigenvalue weighted by molar-refractivity contribution is 5.84. The molecular weight excluding hydrogens is 242 g/mol. The number of benzene rings is 1. The second-order valence-electron chi connectivity index (χ2n) is 4.74. The van der Waals surface area contributed by atoms with Crippen LogP contribution in [0.1, 0.15) is 25.0 Å². The van der Waals surface area contributed by atoms with Crippen LogP contribution in [0.25, 0.3) is 0 Å². The molecule has 1 saturated heterocycles. The highest BCUT2D eigenvalue weighted by atomic mass is 19.1. The maximum Gasteiger partial charge on any atom is 0.341 e. The van der Waals surface area contributed by atoms with Gasteiger partial charge in [-0.2, -0.15) is 0 Å². The van der Waals surface area contributed by atoms with E-state index < -0.39 is 28.8 Å². The van der Waals surface area contributed by atoms with Crippen molar-refractivity contribution in [2.75, 3.05) is 7.11 Å². The number of hydrogen-bond acceptors (Lipinski definition) is 3. The summed E-state index contributed by atoms with van der Waals surface area (Å²) in [6.45, 7) is 4.50. The maximum absolute atomic E-state index is 13.9. The topological polar surface area (TPSA) is 38.8 Å². The van der Waals surface area contributed by atoms with Gasteiger partial charge in [-0.1, -0.05) is 0 Å². The highest BCUT2D eigenvalue weighted by Crippen LogP contribution is 2.56. The van der Waals surface area contributed by atoms with Crippen molar-refractivity contribution in [3.05, 3.63) is 34.9 Å². The second-order valence-corrected chi connectivity index (χ2v) is 4.74. The number of aryl methyl sites for hydroxylation is 1. The van der Waals surface area contributed by atoms with E-state index >= 15 is 0 Å². The van der Waals surface area contributed by atoms with E-state index in [1.54, 1.807) is 0 Å². The molecule has 0 saturated carbocycles. The molecular formula is C13H14F2O3. The van der Waals surface area contributed by atoms with Gasteiger partial charge < -0.3 is 9.47 Å². The second kappa shape index (κ2) is 3.75. The lowest BCUT2D eigenvalue weighted by molar-refractivity contribution is -0.146. The molecule has 1 heterocycles. The minimum atomic E-state index is -1.27. The Morgan fingerprint density at radius 1 is 1.28 bits per heavy atom. The number of hydrogen-bond donors (Lipinski definition) is 0. The van der Waals surface area contributed by atoms with Gasteiger partial charge in [0.15, 0.2) is 5.60 Å². The molecule has 5 heteroatoms. The van der Waals surface area contributed by atoms with Crippen LogP contribution in [0.4, 0.5) is 8.78 Å². The molecule has 0 radical (unpaired) electrons. The zero-order valence-corrected chi connectivity index (χ0v) is 10.6. The van der Waals surface area contributed by atoms with E-state index in [-0.39, 0.29) is 11.1 Å². The summed E-state index contributed by atoms with van der Waals surface area (Å²) >= 11 is 0. The lowest BCUT2D eigenvalue weighted by Gasteiger charge is -2.13. The summed E-state index contributed by atoms with van der Waals surface area (Å²) < 4.78 is 37.3. The van der Waals surface area contributed by atoms with Crippen molar-refractivity contribution in [1.82, 2.24) is 0 Å². The molecule has 0 amide bonds. The summed E-state index contributed by atoms with van der Waals surface area (Å²) in [4.78, 5) is 11.6. The van der Waals surface area contributed by atoms with Gasteiger partial charge in [0, 0.05) is 5.56 Å². The maximum atomic E-state index is 13.9. The van der Waals surface area contributed by atoms with Crippen molar-refractivity contribution in [3.63, 3.8) is 0 Å². The monoisotopic (exact) mass is 256 g/mol. The lowest BCUT2D eigenvalue weighted by Crippen LogP contribution is -2.30. The number of rotatable bonds is 2. The Morgan fingerprint density at radius 3 is 2.44 bits per heavy atom. The molecule has 0 aliphatic carbocycles. The van der Waals surface area contributed by atoms with Gasteiger partial charge in [-0.3, -0.25) is 0 Å². The van der Waals surface area contributed by atoms with Crippen LogP contribution in [-0.4, -0.2) is 18.7 Å². The fourth-order valence-corrected chi connectivity index (χ4v) is 2.14. The quantitative estimate of drug-likeness (QED) is 0.602. The Labute approximate surface area is 104 Å². The van der Waals surface area contributed by atoms with Gasteiger partial charge >= 0.3 is 5.97 Å². The van der Waals surface area contributed by atoms with E-state index in [4.69, 9.17) is 4.74 Å². The fraction of sp³-hybridized carbons (Fsp3) is 0.462. The predicted octanol–water partition coefficient (Wildman–Crippen LogP) is 2.45. The first-order valence-corrected chi connectivity index (χ1v) is 5.51. The van der Waals surface area contributed by atoms with Crippen LogP contribution in [0.15, 0.2) is 12.1 Å². The zero-order chi connectivity index (χ0) is 13.7. The van der Waals surface area contributed by atoms with Gasteiger partial charge in [-0.15, -0.1) is 0 Å². The average Bonchev–Trinajstić information content (AvgIpc) is 2.88. The zero-order valence-electron chi connectivity index (χ0n) is 10.6. The highest BCUT2D eigenvalue weighted by Gasteiger charge is 2.71. The number of ether oxygens (including phenoxy) is 2. The first kappa shape index (κ1) is 13.0. The van der Waals surface area contributed by atoms with E-state index in [0.717, 1.165) is 12.1 Å². The molecule has 1 fully saturated rings. The summed E-state index contributed by atoms with van der Waals surface area (Å²) in [7, 11) is 1.22. The summed E-state index contributed by atoms with van der Waals surface area (Å²) in [5.74, 6) is -1.73. The van der Waals surface area contributed by atoms with E-state index in [1.165, 1.54) is 27.9 Å². The number of epoxide rings is 1. The fourth-order valence-electron chi connectivity index (χ4n) is 2.14. The molecule has 1 aromatic carbocycles. The minimum absolute atomic E-state index is 0.0264. The van der Waals surface area contributed by atoms with Crippen molar-refractivity contribution in [1.29, 1.82) is 0 Å². The van der Waals surface area contributed by atoms with E-state index in [1.807, 2.05) is 0 Å². The first-order valence-electron chi connectivity index (χ1n) is 5.51. The van der Waals surface area contributed by atoms with Gasteiger partial charge in [0.25, 0.3) is 0 Å². The molecule has 0 spiro atoms. The molecule has 2 unspecified atom stereocenters. The average molecular weight is 256 g/mol. The lowest BCUT2D eigenvalue weighted by atomic mass is 9.88. The van der Waals surface area contributed by atoms with Gasteiger partial charge in [-0.25, -0.2) is 13.6 Å². The van der Waals surface area contributed by atoms with Crippen LogP contribution in [0, 0.1) is 18.6 Å². The van der Waals surface area contributed by atoms with Crippen LogP contribution >= 0.6 is 0 Å². The van der Waals surface area contributed by atoms with Crippen molar-refractivity contribution in [2.45, 2.75) is 32.0 Å². The third-order valence-electron chi connectivity index (χ3n) is 3.61. The molecule has 2 atom stereocenters.